The van der Waals surface area contributed by atoms with Gasteiger partial charge in [0.15, 0.2) is 5.82 Å². The summed E-state index contributed by atoms with van der Waals surface area (Å²) in [6.45, 7) is 1.10. The lowest BCUT2D eigenvalue weighted by Gasteiger charge is -2.14. The highest BCUT2D eigenvalue weighted by Gasteiger charge is 2.18. The molecule has 0 aliphatic rings. The lowest BCUT2D eigenvalue weighted by molar-refractivity contribution is -0.137. The molecule has 1 atom stereocenters. The zero-order valence-electron chi connectivity index (χ0n) is 13.3. The first-order chi connectivity index (χ1) is 11.4. The molecule has 1 amide bonds. The molecule has 0 radical (unpaired) electrons. The van der Waals surface area contributed by atoms with Crippen molar-refractivity contribution in [2.45, 2.75) is 19.5 Å². The second-order valence-electron chi connectivity index (χ2n) is 5.14. The molecule has 24 heavy (non-hydrogen) atoms. The van der Waals surface area contributed by atoms with Gasteiger partial charge < -0.3 is 15.7 Å². The Hall–Kier alpha value is -3.00. The summed E-state index contributed by atoms with van der Waals surface area (Å²) in [5.41, 5.74) is 0.350. The van der Waals surface area contributed by atoms with Gasteiger partial charge in [-0.3, -0.25) is 19.0 Å². The maximum absolute atomic E-state index is 12.5. The van der Waals surface area contributed by atoms with Gasteiger partial charge in [0, 0.05) is 0 Å². The lowest BCUT2D eigenvalue weighted by Crippen LogP contribution is -2.38. The number of rotatable bonds is 6. The van der Waals surface area contributed by atoms with Crippen LogP contribution in [0.4, 0.5) is 5.82 Å². The minimum absolute atomic E-state index is 0.206. The summed E-state index contributed by atoms with van der Waals surface area (Å²) < 4.78 is 1.07. The van der Waals surface area contributed by atoms with Crippen LogP contribution in [0.2, 0.25) is 0 Å². The fourth-order valence-corrected chi connectivity index (χ4v) is 2.06. The number of aromatic nitrogens is 2. The van der Waals surface area contributed by atoms with E-state index in [4.69, 9.17) is 5.11 Å². The molecule has 0 bridgehead atoms. The molecule has 1 aromatic heterocycles. The van der Waals surface area contributed by atoms with Crippen LogP contribution in [0.25, 0.3) is 11.3 Å². The molecule has 0 aliphatic heterocycles. The predicted molar refractivity (Wildman–Crippen MR) is 88.7 cm³/mol. The van der Waals surface area contributed by atoms with Crippen molar-refractivity contribution in [1.82, 2.24) is 14.9 Å². The Balaban J connectivity index is 2.49. The molecule has 2 rings (SSSR count). The quantitative estimate of drug-likeness (QED) is 0.712. The molecule has 126 valence electrons. The number of likely N-dealkylation sites (N-methyl/N-ethyl adjacent to an activating group) is 1. The van der Waals surface area contributed by atoms with E-state index in [9.17, 15) is 14.4 Å². The number of hydrogen-bond donors (Lipinski definition) is 3. The average Bonchev–Trinajstić information content (AvgIpc) is 2.58. The van der Waals surface area contributed by atoms with Crippen molar-refractivity contribution < 1.29 is 14.7 Å². The van der Waals surface area contributed by atoms with E-state index >= 15 is 0 Å². The van der Waals surface area contributed by atoms with E-state index in [1.54, 1.807) is 38.2 Å². The van der Waals surface area contributed by atoms with Crippen LogP contribution in [0, 0.1) is 0 Å². The number of aliphatic carboxylic acids is 1. The third-order valence-corrected chi connectivity index (χ3v) is 3.49. The second-order valence-corrected chi connectivity index (χ2v) is 5.14. The molecule has 1 aromatic carbocycles. The van der Waals surface area contributed by atoms with Crippen LogP contribution in [0.1, 0.15) is 6.92 Å². The van der Waals surface area contributed by atoms with E-state index in [-0.39, 0.29) is 5.82 Å². The summed E-state index contributed by atoms with van der Waals surface area (Å²) in [5, 5.41) is 14.2. The summed E-state index contributed by atoms with van der Waals surface area (Å²) >= 11 is 0. The first-order valence-corrected chi connectivity index (χ1v) is 7.29. The van der Waals surface area contributed by atoms with Gasteiger partial charge in [-0.25, -0.2) is 4.98 Å². The highest BCUT2D eigenvalue weighted by atomic mass is 16.4. The van der Waals surface area contributed by atoms with Crippen LogP contribution in [0.5, 0.6) is 0 Å². The number of carbonyl (C=O) groups excluding carboxylic acids is 1. The van der Waals surface area contributed by atoms with Crippen molar-refractivity contribution in [3.63, 3.8) is 0 Å². The zero-order valence-corrected chi connectivity index (χ0v) is 13.3. The van der Waals surface area contributed by atoms with Crippen molar-refractivity contribution in [1.29, 1.82) is 0 Å². The molecule has 1 heterocycles. The average molecular weight is 330 g/mol. The van der Waals surface area contributed by atoms with Gasteiger partial charge >= 0.3 is 5.97 Å². The number of nitrogens with one attached hydrogen (secondary N) is 2. The van der Waals surface area contributed by atoms with E-state index < -0.39 is 30.0 Å². The number of nitrogens with zero attached hydrogens (tertiary/aromatic N) is 2. The van der Waals surface area contributed by atoms with Crippen molar-refractivity contribution in [3.8, 4) is 11.3 Å². The Morgan fingerprint density at radius 2 is 1.96 bits per heavy atom. The number of carboxylic acid groups (broad SMARTS) is 1. The normalized spacial score (nSPS) is 11.8. The molecule has 2 aromatic rings. The number of anilines is 1. The molecule has 0 aliphatic carbocycles. The zero-order chi connectivity index (χ0) is 17.7. The SMILES string of the molecule is CN[C@@H](C)C(=O)Nc1ncc(-c2ccccc2)n(CC(=O)O)c1=O. The molecule has 0 unspecified atom stereocenters. The fraction of sp³-hybridized carbons (Fsp3) is 0.250. The van der Waals surface area contributed by atoms with Gasteiger partial charge in [-0.1, -0.05) is 30.3 Å². The van der Waals surface area contributed by atoms with Gasteiger partial charge in [0.2, 0.25) is 5.91 Å². The molecule has 8 heteroatoms. The minimum atomic E-state index is -1.17. The van der Waals surface area contributed by atoms with E-state index in [2.05, 4.69) is 15.6 Å². The molecule has 0 saturated carbocycles. The van der Waals surface area contributed by atoms with E-state index in [0.29, 0.717) is 11.3 Å². The van der Waals surface area contributed by atoms with Crippen LogP contribution >= 0.6 is 0 Å². The topological polar surface area (TPSA) is 113 Å². The van der Waals surface area contributed by atoms with Gasteiger partial charge in [0.1, 0.15) is 6.54 Å². The van der Waals surface area contributed by atoms with Crippen molar-refractivity contribution >= 4 is 17.7 Å². The van der Waals surface area contributed by atoms with Crippen LogP contribution in [-0.2, 0) is 16.1 Å². The fourth-order valence-electron chi connectivity index (χ4n) is 2.06. The summed E-state index contributed by atoms with van der Waals surface area (Å²) in [7, 11) is 1.61. The predicted octanol–water partition coefficient (Wildman–Crippen LogP) is 0.541. The lowest BCUT2D eigenvalue weighted by atomic mass is 10.1. The third kappa shape index (κ3) is 3.85. The highest BCUT2D eigenvalue weighted by molar-refractivity contribution is 5.93. The standard InChI is InChI=1S/C16H18N4O4/c1-10(17-2)15(23)19-14-16(24)20(9-13(21)22)12(8-18-14)11-6-4-3-5-7-11/h3-8,10,17H,9H2,1-2H3,(H,21,22)(H,18,19,23)/t10-/m0/s1. The third-order valence-electron chi connectivity index (χ3n) is 3.49. The van der Waals surface area contributed by atoms with Crippen LogP contribution < -0.4 is 16.2 Å². The van der Waals surface area contributed by atoms with E-state index in [1.165, 1.54) is 6.20 Å². The number of benzene rings is 1. The Labute approximate surface area is 138 Å². The number of carboxylic acids is 1. The van der Waals surface area contributed by atoms with E-state index in [1.807, 2.05) is 6.07 Å². The monoisotopic (exact) mass is 330 g/mol. The molecule has 0 fully saturated rings. The summed E-state index contributed by atoms with van der Waals surface area (Å²) in [6.07, 6.45) is 1.37. The van der Waals surface area contributed by atoms with Crippen LogP contribution in [-0.4, -0.2) is 39.6 Å². The van der Waals surface area contributed by atoms with Crippen LogP contribution in [0.3, 0.4) is 0 Å². The largest absolute Gasteiger partial charge is 0.480 e. The molecule has 3 N–H and O–H groups in total. The second kappa shape index (κ2) is 7.51. The van der Waals surface area contributed by atoms with Crippen LogP contribution in [0.15, 0.2) is 41.3 Å². The van der Waals surface area contributed by atoms with Gasteiger partial charge in [-0.2, -0.15) is 0 Å². The number of carbonyl (C=O) groups is 2. The maximum Gasteiger partial charge on any atom is 0.323 e. The molecule has 8 nitrogen and oxygen atoms in total. The first kappa shape index (κ1) is 17.4. The Morgan fingerprint density at radius 3 is 2.54 bits per heavy atom. The number of amides is 1. The minimum Gasteiger partial charge on any atom is -0.480 e. The van der Waals surface area contributed by atoms with E-state index in [0.717, 1.165) is 4.57 Å². The molecule has 0 saturated heterocycles. The van der Waals surface area contributed by atoms with Crippen molar-refractivity contribution in [3.05, 3.63) is 46.9 Å². The summed E-state index contributed by atoms with van der Waals surface area (Å²) in [4.78, 5) is 39.6. The summed E-state index contributed by atoms with van der Waals surface area (Å²) in [6, 6.07) is 8.33. The smallest absolute Gasteiger partial charge is 0.323 e. The van der Waals surface area contributed by atoms with Gasteiger partial charge in [0.05, 0.1) is 17.9 Å². The molecular formula is C16H18N4O4. The van der Waals surface area contributed by atoms with Gasteiger partial charge in [-0.05, 0) is 19.5 Å². The highest BCUT2D eigenvalue weighted by Crippen LogP contribution is 2.17. The first-order valence-electron chi connectivity index (χ1n) is 7.29. The number of hydrogen-bond acceptors (Lipinski definition) is 5. The van der Waals surface area contributed by atoms with Crippen molar-refractivity contribution in [2.24, 2.45) is 0 Å². The molecular weight excluding hydrogens is 312 g/mol. The van der Waals surface area contributed by atoms with Gasteiger partial charge in [0.25, 0.3) is 5.56 Å². The Morgan fingerprint density at radius 1 is 1.29 bits per heavy atom. The molecule has 0 spiro atoms. The Bertz CT molecular complexity index is 801. The summed E-state index contributed by atoms with van der Waals surface area (Å²) in [5.74, 6) is -1.80. The van der Waals surface area contributed by atoms with Gasteiger partial charge in [-0.15, -0.1) is 0 Å². The van der Waals surface area contributed by atoms with Crippen molar-refractivity contribution in [2.75, 3.05) is 12.4 Å². The maximum atomic E-state index is 12.5. The Kier molecular flexibility index (Phi) is 5.43.